The van der Waals surface area contributed by atoms with Gasteiger partial charge in [0.2, 0.25) is 0 Å². The summed E-state index contributed by atoms with van der Waals surface area (Å²) in [7, 11) is -2.69. The lowest BCUT2D eigenvalue weighted by Crippen LogP contribution is -2.44. The van der Waals surface area contributed by atoms with Gasteiger partial charge in [0.05, 0.1) is 6.10 Å². The van der Waals surface area contributed by atoms with Gasteiger partial charge in [0, 0.05) is 10.6 Å². The van der Waals surface area contributed by atoms with Crippen LogP contribution in [-0.2, 0) is 26.5 Å². The number of ether oxygens (including phenoxy) is 1. The second-order valence-corrected chi connectivity index (χ2v) is 15.6. The average molecular weight is 458 g/mol. The highest BCUT2D eigenvalue weighted by Crippen LogP contribution is 2.37. The monoisotopic (exact) mass is 457 g/mol. The largest absolute Gasteiger partial charge is 0.443 e. The van der Waals surface area contributed by atoms with Crippen LogP contribution >= 0.6 is 0 Å². The van der Waals surface area contributed by atoms with Crippen LogP contribution in [0.1, 0.15) is 31.9 Å². The maximum atomic E-state index is 12.5. The highest BCUT2D eigenvalue weighted by molar-refractivity contribution is 7.87. The van der Waals surface area contributed by atoms with Crippen LogP contribution in [0.25, 0.3) is 0 Å². The number of amides is 1. The van der Waals surface area contributed by atoms with E-state index in [-0.39, 0.29) is 17.7 Å². The van der Waals surface area contributed by atoms with Gasteiger partial charge in [-0.15, -0.1) is 10.9 Å². The molecular weight excluding hydrogens is 422 g/mol. The van der Waals surface area contributed by atoms with E-state index in [9.17, 15) is 4.79 Å². The minimum absolute atomic E-state index is 0.0858. The van der Waals surface area contributed by atoms with Gasteiger partial charge in [-0.2, -0.15) is 0 Å². The predicted molar refractivity (Wildman–Crippen MR) is 133 cm³/mol. The van der Waals surface area contributed by atoms with E-state index in [0.29, 0.717) is 5.75 Å². The third-order valence-corrected chi connectivity index (χ3v) is 11.9. The van der Waals surface area contributed by atoms with Crippen molar-refractivity contribution in [1.82, 2.24) is 0 Å². The molecule has 0 radical (unpaired) electrons. The lowest BCUT2D eigenvalue weighted by atomic mass is 10.2. The zero-order chi connectivity index (χ0) is 23.1. The number of carbonyl (C=O) groups excluding carboxylic acids is 1. The zero-order valence-electron chi connectivity index (χ0n) is 19.6. The molecule has 6 heteroatoms. The molecule has 0 saturated carbocycles. The molecule has 31 heavy (non-hydrogen) atoms. The van der Waals surface area contributed by atoms with Gasteiger partial charge in [-0.1, -0.05) is 85.6 Å². The molecule has 0 saturated heterocycles. The number of aryl methyl sites for hydroxylation is 1. The third-order valence-electron chi connectivity index (χ3n) is 5.52. The smallest absolute Gasteiger partial charge is 0.440 e. The first kappa shape index (κ1) is 25.2. The van der Waals surface area contributed by atoms with Gasteiger partial charge < -0.3 is 9.16 Å². The molecule has 0 N–H and O–H groups in total. The third kappa shape index (κ3) is 7.87. The van der Waals surface area contributed by atoms with Crippen molar-refractivity contribution in [2.24, 2.45) is 4.36 Å². The first-order valence-electron chi connectivity index (χ1n) is 10.5. The fraction of sp³-hybridized carbons (Fsp3) is 0.400. The number of hydrogen-bond acceptors (Lipinski definition) is 3. The van der Waals surface area contributed by atoms with E-state index < -0.39 is 25.1 Å². The molecule has 0 fully saturated rings. The van der Waals surface area contributed by atoms with Gasteiger partial charge in [-0.3, -0.25) is 0 Å². The summed E-state index contributed by atoms with van der Waals surface area (Å²) < 4.78 is 16.4. The van der Waals surface area contributed by atoms with Gasteiger partial charge in [0.15, 0.2) is 8.32 Å². The van der Waals surface area contributed by atoms with Crippen LogP contribution in [0.5, 0.6) is 0 Å². The van der Waals surface area contributed by atoms with Crippen molar-refractivity contribution in [3.05, 3.63) is 78.4 Å². The predicted octanol–water partition coefficient (Wildman–Crippen LogP) is 7.07. The zero-order valence-corrected chi connectivity index (χ0v) is 21.4. The number of nitrogens with zero attached hydrogens (tertiary/aromatic N) is 1. The van der Waals surface area contributed by atoms with E-state index in [1.165, 1.54) is 0 Å². The van der Waals surface area contributed by atoms with Crippen molar-refractivity contribution in [1.29, 1.82) is 0 Å². The molecule has 1 amide bonds. The molecule has 2 rings (SSSR count). The summed E-state index contributed by atoms with van der Waals surface area (Å²) in [6, 6.07) is 17.8. The molecule has 0 bridgehead atoms. The molecule has 0 aromatic heterocycles. The fourth-order valence-corrected chi connectivity index (χ4v) is 5.56. The van der Waals surface area contributed by atoms with Crippen LogP contribution < -0.4 is 0 Å². The number of benzene rings is 2. The molecule has 0 aliphatic rings. The van der Waals surface area contributed by atoms with Gasteiger partial charge in [-0.05, 0) is 42.8 Å². The first-order valence-corrected chi connectivity index (χ1v) is 14.8. The fourth-order valence-electron chi connectivity index (χ4n) is 2.58. The van der Waals surface area contributed by atoms with Gasteiger partial charge in [0.1, 0.15) is 6.61 Å². The molecule has 4 nitrogen and oxygen atoms in total. The quantitative estimate of drug-likeness (QED) is 0.315. The number of rotatable bonds is 8. The van der Waals surface area contributed by atoms with Crippen LogP contribution in [0.3, 0.4) is 0 Å². The Morgan fingerprint density at radius 3 is 2.29 bits per heavy atom. The lowest BCUT2D eigenvalue weighted by Gasteiger charge is -2.38. The molecule has 2 atom stereocenters. The van der Waals surface area contributed by atoms with Crippen LogP contribution in [0.2, 0.25) is 18.1 Å². The van der Waals surface area contributed by atoms with Crippen molar-refractivity contribution >= 4 is 25.1 Å². The molecule has 0 heterocycles. The molecule has 2 aromatic carbocycles. The molecule has 0 spiro atoms. The molecule has 2 aromatic rings. The van der Waals surface area contributed by atoms with Crippen LogP contribution in [0.4, 0.5) is 4.79 Å². The Morgan fingerprint density at radius 1 is 1.13 bits per heavy atom. The summed E-state index contributed by atoms with van der Waals surface area (Å²) in [5.41, 5.74) is 2.10. The Balaban J connectivity index is 2.23. The maximum absolute atomic E-state index is 12.5. The lowest BCUT2D eigenvalue weighted by molar-refractivity contribution is 0.151. The Morgan fingerprint density at radius 2 is 1.74 bits per heavy atom. The van der Waals surface area contributed by atoms with Crippen molar-refractivity contribution in [2.45, 2.75) is 63.4 Å². The number of hydrogen-bond donors (Lipinski definition) is 0. The Hall–Kier alpha value is -2.02. The SMILES string of the molecule is C=C[C@@H](CS(=NC(=O)OCc1ccccc1)c1ccc(C)cc1)O[Si](C)(C)C(C)(C)C. The standard InChI is InChI=1S/C25H35NO3SSi/c1-8-22(29-31(6,7)25(3,4)5)19-30(23-16-14-20(2)15-17-23)26-24(27)28-18-21-12-10-9-11-13-21/h8-17,22H,1,18-19H2,2-7H3/t22-,30?/m0/s1. The molecule has 0 aliphatic heterocycles. The summed E-state index contributed by atoms with van der Waals surface area (Å²) in [6.07, 6.45) is 1.10. The van der Waals surface area contributed by atoms with E-state index in [1.807, 2.05) is 67.6 Å². The van der Waals surface area contributed by atoms with E-state index in [4.69, 9.17) is 9.16 Å². The van der Waals surface area contributed by atoms with E-state index in [0.717, 1.165) is 16.0 Å². The van der Waals surface area contributed by atoms with Crippen molar-refractivity contribution in [3.8, 4) is 0 Å². The highest BCUT2D eigenvalue weighted by atomic mass is 32.2. The highest BCUT2D eigenvalue weighted by Gasteiger charge is 2.38. The van der Waals surface area contributed by atoms with Crippen molar-refractivity contribution in [3.63, 3.8) is 0 Å². The summed E-state index contributed by atoms with van der Waals surface area (Å²) in [4.78, 5) is 13.5. The van der Waals surface area contributed by atoms with Crippen LogP contribution in [-0.4, -0.2) is 26.3 Å². The average Bonchev–Trinajstić information content (AvgIpc) is 2.71. The van der Waals surface area contributed by atoms with Crippen molar-refractivity contribution < 1.29 is 14.0 Å². The van der Waals surface area contributed by atoms with E-state index in [1.54, 1.807) is 0 Å². The summed E-state index contributed by atoms with van der Waals surface area (Å²) in [6.45, 7) is 17.3. The normalized spacial score (nSPS) is 14.1. The molecular formula is C25H35NO3SSi. The summed E-state index contributed by atoms with van der Waals surface area (Å²) in [5, 5.41) is 0.0858. The number of carbonyl (C=O) groups is 1. The first-order chi connectivity index (χ1) is 14.5. The minimum atomic E-state index is -1.99. The Labute approximate surface area is 190 Å². The van der Waals surface area contributed by atoms with Gasteiger partial charge >= 0.3 is 6.09 Å². The minimum Gasteiger partial charge on any atom is -0.443 e. The summed E-state index contributed by atoms with van der Waals surface area (Å²) >= 11 is 0. The molecule has 0 aliphatic carbocycles. The molecule has 168 valence electrons. The van der Waals surface area contributed by atoms with Crippen molar-refractivity contribution in [2.75, 3.05) is 5.75 Å². The van der Waals surface area contributed by atoms with Crippen LogP contribution in [0, 0.1) is 6.92 Å². The molecule has 1 unspecified atom stereocenters. The summed E-state index contributed by atoms with van der Waals surface area (Å²) in [5.74, 6) is 0.569. The van der Waals surface area contributed by atoms with Gasteiger partial charge in [0.25, 0.3) is 0 Å². The Bertz CT molecular complexity index is 903. The Kier molecular flexibility index (Phi) is 8.97. The maximum Gasteiger partial charge on any atom is 0.440 e. The topological polar surface area (TPSA) is 47.9 Å². The second kappa shape index (κ2) is 11.0. The van der Waals surface area contributed by atoms with Gasteiger partial charge in [-0.25, -0.2) is 4.79 Å². The van der Waals surface area contributed by atoms with Crippen LogP contribution in [0.15, 0.2) is 76.5 Å². The van der Waals surface area contributed by atoms with E-state index >= 15 is 0 Å². The second-order valence-electron chi connectivity index (χ2n) is 9.13. The van der Waals surface area contributed by atoms with E-state index in [2.05, 4.69) is 44.8 Å².